The molecule has 0 bridgehead atoms. The van der Waals surface area contributed by atoms with E-state index in [0.717, 1.165) is 18.4 Å². The molecule has 0 spiro atoms. The molecule has 0 unspecified atom stereocenters. The van der Waals surface area contributed by atoms with Gasteiger partial charge in [-0.1, -0.05) is 49.0 Å². The Kier molecular flexibility index (Phi) is 6.15. The summed E-state index contributed by atoms with van der Waals surface area (Å²) in [6.07, 6.45) is 7.11. The summed E-state index contributed by atoms with van der Waals surface area (Å²) in [6, 6.07) is 7.50. The molecule has 24 heavy (non-hydrogen) atoms. The maximum atomic E-state index is 12.1. The van der Waals surface area contributed by atoms with Crippen LogP contribution < -0.4 is 5.32 Å². The number of amides is 1. The molecule has 1 saturated carbocycles. The quantitative estimate of drug-likeness (QED) is 0.631. The lowest BCUT2D eigenvalue weighted by Crippen LogP contribution is -2.35. The van der Waals surface area contributed by atoms with E-state index in [4.69, 9.17) is 16.0 Å². The van der Waals surface area contributed by atoms with E-state index < -0.39 is 0 Å². The number of nitrogens with zero attached hydrogens (tertiary/aromatic N) is 2. The van der Waals surface area contributed by atoms with Crippen molar-refractivity contribution in [2.75, 3.05) is 5.75 Å². The fourth-order valence-electron chi connectivity index (χ4n) is 2.80. The van der Waals surface area contributed by atoms with Crippen LogP contribution in [0.4, 0.5) is 0 Å². The summed E-state index contributed by atoms with van der Waals surface area (Å²) in [5.41, 5.74) is 0.807. The number of aromatic nitrogens is 2. The minimum atomic E-state index is 0.0261. The van der Waals surface area contributed by atoms with Crippen molar-refractivity contribution >= 4 is 29.3 Å². The molecule has 1 aromatic heterocycles. The van der Waals surface area contributed by atoms with Gasteiger partial charge in [0.25, 0.3) is 5.22 Å². The molecule has 1 N–H and O–H groups in total. The standard InChI is InChI=1S/C17H20ClN3O2S/c18-13-9-7-12(8-10-13)16-20-21-17(23-16)24-11-15(22)19-14-5-3-1-2-4-6-14/h7-10,14H,1-6,11H2,(H,19,22). The fourth-order valence-corrected chi connectivity index (χ4v) is 3.50. The van der Waals surface area contributed by atoms with Crippen LogP contribution in [0, 0.1) is 0 Å². The molecule has 2 aromatic rings. The topological polar surface area (TPSA) is 68.0 Å². The third kappa shape index (κ3) is 4.98. The van der Waals surface area contributed by atoms with Crippen LogP contribution in [0.3, 0.4) is 0 Å². The van der Waals surface area contributed by atoms with E-state index in [1.165, 1.54) is 37.4 Å². The van der Waals surface area contributed by atoms with Crippen LogP contribution in [0.15, 0.2) is 33.9 Å². The minimum Gasteiger partial charge on any atom is -0.411 e. The molecule has 0 radical (unpaired) electrons. The molecule has 1 aliphatic rings. The Labute approximate surface area is 150 Å². The van der Waals surface area contributed by atoms with E-state index in [9.17, 15) is 4.79 Å². The molecule has 5 nitrogen and oxygen atoms in total. The van der Waals surface area contributed by atoms with Gasteiger partial charge in [-0.15, -0.1) is 10.2 Å². The molecule has 1 heterocycles. The normalized spacial score (nSPS) is 15.9. The van der Waals surface area contributed by atoms with E-state index in [1.807, 2.05) is 12.1 Å². The number of hydrogen-bond acceptors (Lipinski definition) is 5. The number of hydrogen-bond donors (Lipinski definition) is 1. The van der Waals surface area contributed by atoms with Gasteiger partial charge in [0.2, 0.25) is 11.8 Å². The van der Waals surface area contributed by atoms with Gasteiger partial charge in [-0.2, -0.15) is 0 Å². The molecule has 3 rings (SSSR count). The van der Waals surface area contributed by atoms with Crippen molar-refractivity contribution < 1.29 is 9.21 Å². The van der Waals surface area contributed by atoms with E-state index in [0.29, 0.717) is 27.9 Å². The number of thioether (sulfide) groups is 1. The summed E-state index contributed by atoms with van der Waals surface area (Å²) in [4.78, 5) is 12.1. The number of carbonyl (C=O) groups is 1. The molecular weight excluding hydrogens is 346 g/mol. The second-order valence-electron chi connectivity index (χ2n) is 5.92. The zero-order chi connectivity index (χ0) is 16.8. The van der Waals surface area contributed by atoms with Gasteiger partial charge in [0.15, 0.2) is 0 Å². The molecule has 1 amide bonds. The van der Waals surface area contributed by atoms with Gasteiger partial charge in [0.05, 0.1) is 5.75 Å². The third-order valence-corrected chi connectivity index (χ3v) is 5.12. The van der Waals surface area contributed by atoms with Gasteiger partial charge in [0.1, 0.15) is 0 Å². The summed E-state index contributed by atoms with van der Waals surface area (Å²) in [7, 11) is 0. The maximum absolute atomic E-state index is 12.1. The number of halogens is 1. The summed E-state index contributed by atoms with van der Waals surface area (Å²) in [5.74, 6) is 0.746. The molecular formula is C17H20ClN3O2S. The monoisotopic (exact) mass is 365 g/mol. The molecule has 0 aliphatic heterocycles. The van der Waals surface area contributed by atoms with Gasteiger partial charge in [-0.3, -0.25) is 4.79 Å². The second kappa shape index (κ2) is 8.53. The van der Waals surface area contributed by atoms with E-state index in [-0.39, 0.29) is 5.91 Å². The van der Waals surface area contributed by atoms with E-state index in [1.54, 1.807) is 12.1 Å². The number of carbonyl (C=O) groups excluding carboxylic acids is 1. The Morgan fingerprint density at radius 2 is 1.88 bits per heavy atom. The molecule has 7 heteroatoms. The molecule has 1 aromatic carbocycles. The lowest BCUT2D eigenvalue weighted by molar-refractivity contribution is -0.119. The van der Waals surface area contributed by atoms with Gasteiger partial charge >= 0.3 is 0 Å². The van der Waals surface area contributed by atoms with Gasteiger partial charge in [-0.05, 0) is 37.1 Å². The van der Waals surface area contributed by atoms with Crippen LogP contribution in [0.2, 0.25) is 5.02 Å². The predicted octanol–water partition coefficient (Wildman–Crippen LogP) is 4.32. The van der Waals surface area contributed by atoms with Crippen LogP contribution in [0.1, 0.15) is 38.5 Å². The Bertz CT molecular complexity index is 667. The van der Waals surface area contributed by atoms with Gasteiger partial charge in [0, 0.05) is 16.6 Å². The summed E-state index contributed by atoms with van der Waals surface area (Å²) in [5, 5.41) is 12.2. The largest absolute Gasteiger partial charge is 0.411 e. The summed E-state index contributed by atoms with van der Waals surface area (Å²) >= 11 is 7.13. The van der Waals surface area contributed by atoms with Crippen LogP contribution in [-0.2, 0) is 4.79 Å². The molecule has 128 valence electrons. The highest BCUT2D eigenvalue weighted by Crippen LogP contribution is 2.24. The lowest BCUT2D eigenvalue weighted by atomic mass is 10.1. The van der Waals surface area contributed by atoms with Crippen molar-refractivity contribution in [3.8, 4) is 11.5 Å². The SMILES string of the molecule is O=C(CSc1nnc(-c2ccc(Cl)cc2)o1)NC1CCCCCC1. The first kappa shape index (κ1) is 17.3. The fraction of sp³-hybridized carbons (Fsp3) is 0.471. The van der Waals surface area contributed by atoms with Crippen LogP contribution in [-0.4, -0.2) is 27.9 Å². The van der Waals surface area contributed by atoms with Crippen molar-refractivity contribution in [2.45, 2.75) is 49.8 Å². The van der Waals surface area contributed by atoms with Gasteiger partial charge in [-0.25, -0.2) is 0 Å². The Morgan fingerprint density at radius 1 is 1.17 bits per heavy atom. The predicted molar refractivity (Wildman–Crippen MR) is 95.1 cm³/mol. The third-order valence-electron chi connectivity index (χ3n) is 4.04. The van der Waals surface area contributed by atoms with Crippen LogP contribution >= 0.6 is 23.4 Å². The Balaban J connectivity index is 1.49. The molecule has 0 saturated heterocycles. The zero-order valence-electron chi connectivity index (χ0n) is 13.3. The molecule has 1 fully saturated rings. The van der Waals surface area contributed by atoms with Gasteiger partial charge < -0.3 is 9.73 Å². The first-order valence-corrected chi connectivity index (χ1v) is 9.59. The second-order valence-corrected chi connectivity index (χ2v) is 7.29. The summed E-state index contributed by atoms with van der Waals surface area (Å²) < 4.78 is 5.59. The highest BCUT2D eigenvalue weighted by Gasteiger charge is 2.16. The Hall–Kier alpha value is -1.53. The van der Waals surface area contributed by atoms with Crippen molar-refractivity contribution in [1.29, 1.82) is 0 Å². The van der Waals surface area contributed by atoms with Crippen molar-refractivity contribution in [2.24, 2.45) is 0 Å². The highest BCUT2D eigenvalue weighted by molar-refractivity contribution is 7.99. The zero-order valence-corrected chi connectivity index (χ0v) is 14.9. The van der Waals surface area contributed by atoms with Crippen LogP contribution in [0.5, 0.6) is 0 Å². The maximum Gasteiger partial charge on any atom is 0.277 e. The number of benzene rings is 1. The average Bonchev–Trinajstić information content (AvgIpc) is 2.91. The first-order valence-electron chi connectivity index (χ1n) is 8.22. The highest BCUT2D eigenvalue weighted by atomic mass is 35.5. The smallest absolute Gasteiger partial charge is 0.277 e. The van der Waals surface area contributed by atoms with Crippen molar-refractivity contribution in [3.05, 3.63) is 29.3 Å². The average molecular weight is 366 g/mol. The Morgan fingerprint density at radius 3 is 2.58 bits per heavy atom. The summed E-state index contributed by atoms with van der Waals surface area (Å²) in [6.45, 7) is 0. The lowest BCUT2D eigenvalue weighted by Gasteiger charge is -2.15. The van der Waals surface area contributed by atoms with Crippen LogP contribution in [0.25, 0.3) is 11.5 Å². The van der Waals surface area contributed by atoms with E-state index in [2.05, 4.69) is 15.5 Å². The van der Waals surface area contributed by atoms with E-state index >= 15 is 0 Å². The number of rotatable bonds is 5. The molecule has 1 aliphatic carbocycles. The number of nitrogens with one attached hydrogen (secondary N) is 1. The molecule has 0 atom stereocenters. The minimum absolute atomic E-state index is 0.0261. The van der Waals surface area contributed by atoms with Crippen molar-refractivity contribution in [3.63, 3.8) is 0 Å². The van der Waals surface area contributed by atoms with Crippen molar-refractivity contribution in [1.82, 2.24) is 15.5 Å². The first-order chi connectivity index (χ1) is 11.7.